The van der Waals surface area contributed by atoms with Crippen LogP contribution in [-0.4, -0.2) is 11.5 Å². The Hall–Kier alpha value is -2.49. The SMILES string of the molecule is Nc1cccc2oc(CN3CCCc4ccccc43)nc12. The van der Waals surface area contributed by atoms with Gasteiger partial charge in [0.2, 0.25) is 5.89 Å². The van der Waals surface area contributed by atoms with Crippen LogP contribution in [0.1, 0.15) is 17.9 Å². The molecule has 4 heteroatoms. The molecule has 3 aromatic rings. The van der Waals surface area contributed by atoms with E-state index in [9.17, 15) is 0 Å². The fourth-order valence-electron chi connectivity index (χ4n) is 3.02. The van der Waals surface area contributed by atoms with E-state index in [1.807, 2.05) is 18.2 Å². The molecule has 106 valence electrons. The first-order valence-corrected chi connectivity index (χ1v) is 7.28. The molecule has 21 heavy (non-hydrogen) atoms. The van der Waals surface area contributed by atoms with Crippen LogP contribution in [0.3, 0.4) is 0 Å². The van der Waals surface area contributed by atoms with Crippen LogP contribution in [0.5, 0.6) is 0 Å². The average molecular weight is 279 g/mol. The van der Waals surface area contributed by atoms with Crippen LogP contribution in [0, 0.1) is 0 Å². The molecular formula is C17H17N3O. The fraction of sp³-hybridized carbons (Fsp3) is 0.235. The van der Waals surface area contributed by atoms with Gasteiger partial charge < -0.3 is 15.1 Å². The molecule has 1 aliphatic heterocycles. The van der Waals surface area contributed by atoms with Gasteiger partial charge in [-0.1, -0.05) is 24.3 Å². The highest BCUT2D eigenvalue weighted by Gasteiger charge is 2.18. The number of nitrogens with two attached hydrogens (primary N) is 1. The Morgan fingerprint density at radius 3 is 2.95 bits per heavy atom. The van der Waals surface area contributed by atoms with Crippen molar-refractivity contribution >= 4 is 22.5 Å². The van der Waals surface area contributed by atoms with E-state index >= 15 is 0 Å². The number of nitrogen functional groups attached to an aromatic ring is 1. The van der Waals surface area contributed by atoms with Gasteiger partial charge in [-0.3, -0.25) is 0 Å². The Labute approximate surface area is 123 Å². The lowest BCUT2D eigenvalue weighted by Crippen LogP contribution is -2.28. The van der Waals surface area contributed by atoms with Crippen molar-refractivity contribution in [2.24, 2.45) is 0 Å². The Kier molecular flexibility index (Phi) is 2.81. The molecule has 0 unspecified atom stereocenters. The number of aromatic nitrogens is 1. The lowest BCUT2D eigenvalue weighted by molar-refractivity contribution is 0.513. The summed E-state index contributed by atoms with van der Waals surface area (Å²) in [5.74, 6) is 0.722. The van der Waals surface area contributed by atoms with E-state index < -0.39 is 0 Å². The fourth-order valence-corrected chi connectivity index (χ4v) is 3.02. The summed E-state index contributed by atoms with van der Waals surface area (Å²) in [6.45, 7) is 1.72. The van der Waals surface area contributed by atoms with Gasteiger partial charge in [-0.05, 0) is 36.6 Å². The Balaban J connectivity index is 1.68. The smallest absolute Gasteiger partial charge is 0.215 e. The van der Waals surface area contributed by atoms with Gasteiger partial charge in [0, 0.05) is 12.2 Å². The number of aryl methyl sites for hydroxylation is 1. The van der Waals surface area contributed by atoms with E-state index in [4.69, 9.17) is 10.2 Å². The quantitative estimate of drug-likeness (QED) is 0.731. The van der Waals surface area contributed by atoms with Crippen LogP contribution < -0.4 is 10.6 Å². The lowest BCUT2D eigenvalue weighted by atomic mass is 10.0. The van der Waals surface area contributed by atoms with Gasteiger partial charge in [0.05, 0.1) is 12.2 Å². The molecule has 1 aliphatic rings. The first kappa shape index (κ1) is 12.3. The predicted molar refractivity (Wildman–Crippen MR) is 84.2 cm³/mol. The van der Waals surface area contributed by atoms with Gasteiger partial charge >= 0.3 is 0 Å². The number of nitrogens with zero attached hydrogens (tertiary/aromatic N) is 2. The highest BCUT2D eigenvalue weighted by molar-refractivity contribution is 5.85. The minimum absolute atomic E-state index is 0.668. The molecule has 2 heterocycles. The molecule has 0 aliphatic carbocycles. The van der Waals surface area contributed by atoms with Gasteiger partial charge in [0.1, 0.15) is 5.52 Å². The summed E-state index contributed by atoms with van der Waals surface area (Å²) in [6.07, 6.45) is 2.31. The molecule has 2 aromatic carbocycles. The van der Waals surface area contributed by atoms with Crippen molar-refractivity contribution in [1.29, 1.82) is 0 Å². The molecule has 0 saturated carbocycles. The first-order chi connectivity index (χ1) is 10.3. The van der Waals surface area contributed by atoms with Crippen LogP contribution in [0.4, 0.5) is 11.4 Å². The van der Waals surface area contributed by atoms with Crippen LogP contribution >= 0.6 is 0 Å². The van der Waals surface area contributed by atoms with Crippen molar-refractivity contribution in [2.75, 3.05) is 17.2 Å². The number of para-hydroxylation sites is 2. The van der Waals surface area contributed by atoms with Gasteiger partial charge in [0.15, 0.2) is 5.58 Å². The molecule has 0 amide bonds. The number of anilines is 2. The molecular weight excluding hydrogens is 262 g/mol. The third-order valence-corrected chi connectivity index (χ3v) is 4.03. The van der Waals surface area contributed by atoms with Crippen molar-refractivity contribution in [3.63, 3.8) is 0 Å². The first-order valence-electron chi connectivity index (χ1n) is 7.28. The number of oxazole rings is 1. The van der Waals surface area contributed by atoms with Crippen LogP contribution in [0.15, 0.2) is 46.9 Å². The van der Waals surface area contributed by atoms with Gasteiger partial charge in [-0.15, -0.1) is 0 Å². The summed E-state index contributed by atoms with van der Waals surface area (Å²) in [5, 5.41) is 0. The predicted octanol–water partition coefficient (Wildman–Crippen LogP) is 3.36. The Bertz CT molecular complexity index is 794. The zero-order valence-electron chi connectivity index (χ0n) is 11.7. The van der Waals surface area contributed by atoms with E-state index in [2.05, 4.69) is 34.1 Å². The number of hydrogen-bond acceptors (Lipinski definition) is 4. The summed E-state index contributed by atoms with van der Waals surface area (Å²) in [4.78, 5) is 6.88. The summed E-state index contributed by atoms with van der Waals surface area (Å²) >= 11 is 0. The van der Waals surface area contributed by atoms with Crippen molar-refractivity contribution in [3.05, 3.63) is 53.9 Å². The maximum absolute atomic E-state index is 5.94. The summed E-state index contributed by atoms with van der Waals surface area (Å²) < 4.78 is 5.83. The summed E-state index contributed by atoms with van der Waals surface area (Å²) in [6, 6.07) is 14.2. The standard InChI is InChI=1S/C17H17N3O/c18-13-7-3-9-15-17(13)19-16(21-15)11-20-10-4-6-12-5-1-2-8-14(12)20/h1-3,5,7-9H,4,6,10-11,18H2. The van der Waals surface area contributed by atoms with Gasteiger partial charge in [0.25, 0.3) is 0 Å². The van der Waals surface area contributed by atoms with E-state index in [1.165, 1.54) is 17.7 Å². The largest absolute Gasteiger partial charge is 0.439 e. The van der Waals surface area contributed by atoms with Crippen LogP contribution in [-0.2, 0) is 13.0 Å². The molecule has 0 atom stereocenters. The van der Waals surface area contributed by atoms with Crippen LogP contribution in [0.25, 0.3) is 11.1 Å². The summed E-state index contributed by atoms with van der Waals surface area (Å²) in [7, 11) is 0. The highest BCUT2D eigenvalue weighted by Crippen LogP contribution is 2.29. The number of hydrogen-bond donors (Lipinski definition) is 1. The molecule has 4 nitrogen and oxygen atoms in total. The molecule has 0 bridgehead atoms. The van der Waals surface area contributed by atoms with Crippen molar-refractivity contribution in [3.8, 4) is 0 Å². The molecule has 1 aromatic heterocycles. The van der Waals surface area contributed by atoms with E-state index in [0.717, 1.165) is 30.0 Å². The maximum atomic E-state index is 5.94. The third-order valence-electron chi connectivity index (χ3n) is 4.03. The topological polar surface area (TPSA) is 55.3 Å². The Morgan fingerprint density at radius 1 is 1.14 bits per heavy atom. The van der Waals surface area contributed by atoms with Crippen LogP contribution in [0.2, 0.25) is 0 Å². The van der Waals surface area contributed by atoms with E-state index in [1.54, 1.807) is 0 Å². The summed E-state index contributed by atoms with van der Waals surface area (Å²) in [5.41, 5.74) is 10.8. The zero-order valence-corrected chi connectivity index (χ0v) is 11.7. The second-order valence-electron chi connectivity index (χ2n) is 5.46. The molecule has 0 radical (unpaired) electrons. The van der Waals surface area contributed by atoms with Gasteiger partial charge in [-0.2, -0.15) is 0 Å². The monoisotopic (exact) mass is 279 g/mol. The molecule has 0 fully saturated rings. The zero-order chi connectivity index (χ0) is 14.2. The molecule has 0 spiro atoms. The minimum atomic E-state index is 0.668. The molecule has 2 N–H and O–H groups in total. The normalized spacial score (nSPS) is 14.4. The number of benzene rings is 2. The maximum Gasteiger partial charge on any atom is 0.215 e. The molecule has 4 rings (SSSR count). The van der Waals surface area contributed by atoms with Gasteiger partial charge in [-0.25, -0.2) is 4.98 Å². The highest BCUT2D eigenvalue weighted by atomic mass is 16.3. The Morgan fingerprint density at radius 2 is 2.05 bits per heavy atom. The minimum Gasteiger partial charge on any atom is -0.439 e. The average Bonchev–Trinajstić information content (AvgIpc) is 2.92. The van der Waals surface area contributed by atoms with E-state index in [-0.39, 0.29) is 0 Å². The van der Waals surface area contributed by atoms with Crippen molar-refractivity contribution in [2.45, 2.75) is 19.4 Å². The second-order valence-corrected chi connectivity index (χ2v) is 5.46. The number of fused-ring (bicyclic) bond motifs is 2. The second kappa shape index (κ2) is 4.81. The molecule has 0 saturated heterocycles. The van der Waals surface area contributed by atoms with Crippen molar-refractivity contribution in [1.82, 2.24) is 4.98 Å². The lowest BCUT2D eigenvalue weighted by Gasteiger charge is -2.30. The van der Waals surface area contributed by atoms with E-state index in [0.29, 0.717) is 12.2 Å². The van der Waals surface area contributed by atoms with Crippen molar-refractivity contribution < 1.29 is 4.42 Å². The number of rotatable bonds is 2. The third kappa shape index (κ3) is 2.13.